The van der Waals surface area contributed by atoms with Crippen LogP contribution in [-0.2, 0) is 11.5 Å². The van der Waals surface area contributed by atoms with E-state index >= 15 is 0 Å². The summed E-state index contributed by atoms with van der Waals surface area (Å²) >= 11 is 0. The van der Waals surface area contributed by atoms with Crippen molar-refractivity contribution in [2.75, 3.05) is 69.2 Å². The van der Waals surface area contributed by atoms with E-state index in [1.807, 2.05) is 30.1 Å². The third-order valence-corrected chi connectivity index (χ3v) is 9.72. The Labute approximate surface area is 238 Å². The minimum atomic E-state index is -1.18. The van der Waals surface area contributed by atoms with E-state index < -0.39 is 8.07 Å². The Morgan fingerprint density at radius 3 is 2.50 bits per heavy atom. The highest BCUT2D eigenvalue weighted by Gasteiger charge is 2.57. The number of fused-ring (bicyclic) bond motifs is 1. The number of benzene rings is 1. The average molecular weight is 568 g/mol. The van der Waals surface area contributed by atoms with Crippen LogP contribution in [-0.4, -0.2) is 86.2 Å². The number of aromatic nitrogens is 4. The normalized spacial score (nSPS) is 19.9. The maximum absolute atomic E-state index is 6.51. The molecule has 40 heavy (non-hydrogen) atoms. The second-order valence-corrected chi connectivity index (χ2v) is 18.6. The number of nitrogens with zero attached hydrogens (tertiary/aromatic N) is 6. The van der Waals surface area contributed by atoms with E-state index in [0.717, 1.165) is 47.6 Å². The van der Waals surface area contributed by atoms with Crippen LogP contribution in [0.4, 0.5) is 28.8 Å². The van der Waals surface area contributed by atoms with Crippen LogP contribution in [0.3, 0.4) is 0 Å². The molecule has 6 rings (SSSR count). The lowest BCUT2D eigenvalue weighted by Crippen LogP contribution is -2.63. The SMILES string of the molecule is COc1cc(N(C)CCN(C)C)c(N)cc1Nc1nc(NC23CC(C2)C3)c2cnn(COCC[Si](C)(C)C)c2n1. The smallest absolute Gasteiger partial charge is 0.231 e. The molecular formula is C28H45N9O2Si. The molecule has 0 spiro atoms. The summed E-state index contributed by atoms with van der Waals surface area (Å²) in [5.74, 6) is 2.77. The van der Waals surface area contributed by atoms with Crippen LogP contribution >= 0.6 is 0 Å². The fourth-order valence-electron chi connectivity index (χ4n) is 5.39. The zero-order valence-electron chi connectivity index (χ0n) is 25.0. The zero-order valence-corrected chi connectivity index (χ0v) is 26.0. The molecule has 3 aliphatic carbocycles. The second kappa shape index (κ2) is 11.1. The summed E-state index contributed by atoms with van der Waals surface area (Å²) in [6, 6.07) is 4.95. The molecule has 0 saturated heterocycles. The van der Waals surface area contributed by atoms with Crippen LogP contribution in [0.1, 0.15) is 19.3 Å². The predicted molar refractivity (Wildman–Crippen MR) is 166 cm³/mol. The molecule has 2 aromatic heterocycles. The van der Waals surface area contributed by atoms with Crippen molar-refractivity contribution in [1.82, 2.24) is 24.6 Å². The molecule has 12 heteroatoms. The van der Waals surface area contributed by atoms with Crippen molar-refractivity contribution in [3.05, 3.63) is 18.3 Å². The summed E-state index contributed by atoms with van der Waals surface area (Å²) in [7, 11) is 6.64. The van der Waals surface area contributed by atoms with Gasteiger partial charge >= 0.3 is 0 Å². The van der Waals surface area contributed by atoms with E-state index in [2.05, 4.69) is 59.3 Å². The van der Waals surface area contributed by atoms with Gasteiger partial charge in [-0.1, -0.05) is 19.6 Å². The minimum absolute atomic E-state index is 0.153. The van der Waals surface area contributed by atoms with Crippen molar-refractivity contribution in [2.24, 2.45) is 5.92 Å². The number of hydrogen-bond donors (Lipinski definition) is 3. The van der Waals surface area contributed by atoms with Gasteiger partial charge in [0.25, 0.3) is 0 Å². The number of likely N-dealkylation sites (N-methyl/N-ethyl adjacent to an activating group) is 2. The van der Waals surface area contributed by atoms with E-state index in [-0.39, 0.29) is 5.54 Å². The van der Waals surface area contributed by atoms with Gasteiger partial charge in [0, 0.05) is 46.4 Å². The third kappa shape index (κ3) is 6.13. The lowest BCUT2D eigenvalue weighted by Gasteiger charge is -2.62. The molecule has 3 saturated carbocycles. The van der Waals surface area contributed by atoms with Crippen molar-refractivity contribution in [1.29, 1.82) is 0 Å². The van der Waals surface area contributed by atoms with Gasteiger partial charge in [0.15, 0.2) is 5.65 Å². The van der Waals surface area contributed by atoms with Gasteiger partial charge in [-0.25, -0.2) is 4.68 Å². The fraction of sp³-hybridized carbons (Fsp3) is 0.607. The first kappa shape index (κ1) is 28.4. The molecule has 0 atom stereocenters. The number of nitrogens with two attached hydrogens (primary N) is 1. The van der Waals surface area contributed by atoms with Gasteiger partial charge in [0.2, 0.25) is 5.95 Å². The number of rotatable bonds is 14. The van der Waals surface area contributed by atoms with Crippen molar-refractivity contribution in [2.45, 2.75) is 57.2 Å². The monoisotopic (exact) mass is 567 g/mol. The van der Waals surface area contributed by atoms with Crippen LogP contribution in [0.15, 0.2) is 18.3 Å². The van der Waals surface area contributed by atoms with Crippen LogP contribution in [0.2, 0.25) is 25.7 Å². The van der Waals surface area contributed by atoms with Gasteiger partial charge < -0.3 is 35.6 Å². The molecule has 11 nitrogen and oxygen atoms in total. The van der Waals surface area contributed by atoms with Crippen molar-refractivity contribution in [3.8, 4) is 5.75 Å². The number of nitrogens with one attached hydrogen (secondary N) is 2. The van der Waals surface area contributed by atoms with Gasteiger partial charge in [-0.15, -0.1) is 0 Å². The van der Waals surface area contributed by atoms with Crippen molar-refractivity contribution in [3.63, 3.8) is 0 Å². The molecule has 3 fully saturated rings. The van der Waals surface area contributed by atoms with E-state index in [4.69, 9.17) is 25.2 Å². The first-order chi connectivity index (χ1) is 18.9. The lowest BCUT2D eigenvalue weighted by atomic mass is 9.50. The van der Waals surface area contributed by atoms with E-state index in [9.17, 15) is 0 Å². The third-order valence-electron chi connectivity index (χ3n) is 8.02. The molecule has 4 N–H and O–H groups in total. The molecule has 2 bridgehead atoms. The van der Waals surface area contributed by atoms with Crippen molar-refractivity contribution >= 4 is 47.9 Å². The maximum Gasteiger partial charge on any atom is 0.231 e. The van der Waals surface area contributed by atoms with Crippen LogP contribution in [0.5, 0.6) is 5.75 Å². The molecule has 0 aliphatic heterocycles. The number of nitrogen functional groups attached to an aromatic ring is 1. The van der Waals surface area contributed by atoms with Crippen molar-refractivity contribution < 1.29 is 9.47 Å². The molecule has 0 amide bonds. The van der Waals surface area contributed by atoms with Gasteiger partial charge in [-0.05, 0) is 51.4 Å². The highest BCUT2D eigenvalue weighted by Crippen LogP contribution is 2.58. The molecule has 3 aliphatic rings. The molecule has 3 aromatic rings. The first-order valence-electron chi connectivity index (χ1n) is 14.2. The van der Waals surface area contributed by atoms with Gasteiger partial charge in [-0.3, -0.25) is 0 Å². The number of hydrogen-bond acceptors (Lipinski definition) is 10. The molecule has 218 valence electrons. The van der Waals surface area contributed by atoms with Gasteiger partial charge in [0.05, 0.1) is 35.8 Å². The summed E-state index contributed by atoms with van der Waals surface area (Å²) in [5.41, 5.74) is 9.67. The summed E-state index contributed by atoms with van der Waals surface area (Å²) in [5, 5.41) is 12.6. The standard InChI is InChI=1S/C28H45N9O2Si/c1-35(2)8-9-36(3)23-13-24(38-4)22(12-21(23)29)31-27-32-25(34-28-14-19(15-28)16-28)20-17-30-37(26(20)33-27)18-39-10-11-40(5,6)7/h12-13,17,19H,8-11,14-16,18,29H2,1-7H3,(H2,31,32,33,34). The lowest BCUT2D eigenvalue weighted by molar-refractivity contribution is 0.00194. The Hall–Kier alpha value is -3.09. The molecule has 0 radical (unpaired) electrons. The Morgan fingerprint density at radius 1 is 1.12 bits per heavy atom. The van der Waals surface area contributed by atoms with Crippen LogP contribution in [0, 0.1) is 5.92 Å². The van der Waals surface area contributed by atoms with E-state index in [0.29, 0.717) is 36.4 Å². The first-order valence-corrected chi connectivity index (χ1v) is 17.9. The molecule has 2 heterocycles. The van der Waals surface area contributed by atoms with E-state index in [1.165, 1.54) is 19.3 Å². The Morgan fingerprint density at radius 2 is 1.88 bits per heavy atom. The molecule has 0 unspecified atom stereocenters. The Balaban J connectivity index is 1.42. The summed E-state index contributed by atoms with van der Waals surface area (Å²) in [4.78, 5) is 14.1. The number of ether oxygens (including phenoxy) is 2. The Kier molecular flexibility index (Phi) is 7.86. The van der Waals surface area contributed by atoms with Crippen LogP contribution in [0.25, 0.3) is 11.0 Å². The maximum atomic E-state index is 6.51. The largest absolute Gasteiger partial charge is 0.494 e. The van der Waals surface area contributed by atoms with Gasteiger partial charge in [0.1, 0.15) is 18.3 Å². The fourth-order valence-corrected chi connectivity index (χ4v) is 6.14. The predicted octanol–water partition coefficient (Wildman–Crippen LogP) is 4.44. The number of methoxy groups -OCH3 is 1. The summed E-state index contributed by atoms with van der Waals surface area (Å²) < 4.78 is 13.6. The van der Waals surface area contributed by atoms with Crippen LogP contribution < -0.4 is 26.0 Å². The zero-order chi connectivity index (χ0) is 28.7. The second-order valence-electron chi connectivity index (χ2n) is 13.0. The quantitative estimate of drug-likeness (QED) is 0.147. The van der Waals surface area contributed by atoms with E-state index in [1.54, 1.807) is 7.11 Å². The summed E-state index contributed by atoms with van der Waals surface area (Å²) in [6.07, 6.45) is 5.43. The van der Waals surface area contributed by atoms with Gasteiger partial charge in [-0.2, -0.15) is 15.1 Å². The molecule has 1 aromatic carbocycles. The number of anilines is 5. The summed E-state index contributed by atoms with van der Waals surface area (Å²) in [6.45, 7) is 9.87. The highest BCUT2D eigenvalue weighted by molar-refractivity contribution is 6.76. The Bertz CT molecular complexity index is 1340. The highest BCUT2D eigenvalue weighted by atomic mass is 28.3. The molecular weight excluding hydrogens is 522 g/mol. The average Bonchev–Trinajstić information content (AvgIpc) is 3.24. The minimum Gasteiger partial charge on any atom is -0.494 e. The topological polar surface area (TPSA) is 119 Å².